The van der Waals surface area contributed by atoms with E-state index >= 15 is 0 Å². The van der Waals surface area contributed by atoms with Crippen LogP contribution in [0, 0.1) is 0 Å². The van der Waals surface area contributed by atoms with Crippen LogP contribution in [-0.4, -0.2) is 74.8 Å². The van der Waals surface area contributed by atoms with Gasteiger partial charge in [-0.1, -0.05) is 602 Å². The van der Waals surface area contributed by atoms with Gasteiger partial charge in [0.05, 0.1) is 9.79 Å². The molecule has 0 aliphatic heterocycles. The van der Waals surface area contributed by atoms with Crippen LogP contribution in [-0.2, 0) is 33.1 Å². The van der Waals surface area contributed by atoms with Crippen molar-refractivity contribution in [2.24, 2.45) is 0 Å². The third-order valence-electron chi connectivity index (χ3n) is 25.1. The molecule has 0 aliphatic carbocycles. The Kier molecular flexibility index (Phi) is 92.4. The van der Waals surface area contributed by atoms with Crippen LogP contribution in [0.1, 0.15) is 590 Å². The maximum Gasteiger partial charge on any atom is 2.00 e. The summed E-state index contributed by atoms with van der Waals surface area (Å²) in [5.74, 6) is 0. The molecule has 0 fully saturated rings. The second-order valence-electron chi connectivity index (χ2n) is 36.0. The summed E-state index contributed by atoms with van der Waals surface area (Å²) in [5, 5.41) is 0. The standard InChI is InChI=1S/2C52H98O3S.Ba/c2*1-2-3-4-5-6-7-8-9-10-11-12-13-14-15-16-17-18-19-20-21-22-23-24-25-26-27-28-29-30-31-32-33-34-35-36-37-38-39-40-41-42-43-44-45-48-51-49-46-47-50-52(51)56(53,54)55;/h2*46-47,49-50H,2-45,48H2,1H3,(H,53,54,55);/q;;+2/p-2. The molecule has 0 aliphatic rings. The molecule has 6 nitrogen and oxygen atoms in total. The van der Waals surface area contributed by atoms with E-state index in [1.807, 2.05) is 12.1 Å². The molecule has 0 atom stereocenters. The van der Waals surface area contributed by atoms with Crippen molar-refractivity contribution in [2.75, 3.05) is 0 Å². The van der Waals surface area contributed by atoms with E-state index in [0.29, 0.717) is 24.0 Å². The Bertz CT molecular complexity index is 2210. The first-order valence-electron chi connectivity index (χ1n) is 51.2. The summed E-state index contributed by atoms with van der Waals surface area (Å²) in [4.78, 5) is -0.0794. The number of hydrogen-bond donors (Lipinski definition) is 0. The molecule has 113 heavy (non-hydrogen) atoms. The summed E-state index contributed by atoms with van der Waals surface area (Å²) in [6, 6.07) is 13.3. The van der Waals surface area contributed by atoms with Crippen molar-refractivity contribution >= 4 is 69.1 Å². The summed E-state index contributed by atoms with van der Waals surface area (Å²) in [6.07, 6.45) is 127. The topological polar surface area (TPSA) is 114 Å². The van der Waals surface area contributed by atoms with Gasteiger partial charge in [-0.3, -0.25) is 0 Å². The Balaban J connectivity index is 0.00000220. The molecule has 0 N–H and O–H groups in total. The first kappa shape index (κ1) is 113. The van der Waals surface area contributed by atoms with Crippen molar-refractivity contribution in [3.8, 4) is 0 Å². The van der Waals surface area contributed by atoms with Gasteiger partial charge in [-0.2, -0.15) is 0 Å². The van der Waals surface area contributed by atoms with Crippen molar-refractivity contribution in [1.82, 2.24) is 0 Å². The minimum atomic E-state index is -4.37. The summed E-state index contributed by atoms with van der Waals surface area (Å²) < 4.78 is 68.4. The Morgan fingerprint density at radius 3 is 0.372 bits per heavy atom. The van der Waals surface area contributed by atoms with Crippen LogP contribution < -0.4 is 0 Å². The van der Waals surface area contributed by atoms with Crippen LogP contribution in [0.5, 0.6) is 0 Å². The SMILES string of the molecule is CCCCCCCCCCCCCCCCCCCCCCCCCCCCCCCCCCCCCCCCCCCCCCc1ccccc1S(=O)(=O)[O-].CCCCCCCCCCCCCCCCCCCCCCCCCCCCCCCCCCCCCCCCCCCCCCc1ccccc1S(=O)(=O)[O-].[Ba+2]. The molecule has 0 aromatic heterocycles. The fourth-order valence-electron chi connectivity index (χ4n) is 17.5. The van der Waals surface area contributed by atoms with Gasteiger partial charge in [0.25, 0.3) is 0 Å². The van der Waals surface area contributed by atoms with Gasteiger partial charge >= 0.3 is 48.9 Å². The Labute approximate surface area is 749 Å². The van der Waals surface area contributed by atoms with Crippen LogP contribution in [0.4, 0.5) is 0 Å². The van der Waals surface area contributed by atoms with Crippen molar-refractivity contribution in [3.63, 3.8) is 0 Å². The molecular formula is C104H194BaO6S2. The van der Waals surface area contributed by atoms with Crippen molar-refractivity contribution < 1.29 is 25.9 Å². The van der Waals surface area contributed by atoms with Crippen LogP contribution >= 0.6 is 0 Å². The number of rotatable bonds is 92. The van der Waals surface area contributed by atoms with Gasteiger partial charge in [-0.25, -0.2) is 16.8 Å². The molecular weight excluding hydrogens is 1550 g/mol. The molecule has 0 saturated carbocycles. The summed E-state index contributed by atoms with van der Waals surface area (Å²) >= 11 is 0. The Morgan fingerprint density at radius 1 is 0.168 bits per heavy atom. The number of hydrogen-bond acceptors (Lipinski definition) is 6. The van der Waals surface area contributed by atoms with E-state index in [1.54, 1.807) is 24.3 Å². The molecule has 2 rings (SSSR count). The van der Waals surface area contributed by atoms with Crippen LogP contribution in [0.15, 0.2) is 58.3 Å². The molecule has 2 aromatic rings. The fourth-order valence-corrected chi connectivity index (χ4v) is 19.0. The van der Waals surface area contributed by atoms with Gasteiger partial charge in [-0.15, -0.1) is 0 Å². The average Bonchev–Trinajstić information content (AvgIpc) is 0.846. The first-order chi connectivity index (χ1) is 55.1. The zero-order chi connectivity index (χ0) is 80.6. The molecule has 9 heteroatoms. The molecule has 2 aromatic carbocycles. The summed E-state index contributed by atoms with van der Waals surface area (Å²) in [7, 11) is -8.74. The van der Waals surface area contributed by atoms with Crippen LogP contribution in [0.25, 0.3) is 0 Å². The number of aryl methyl sites for hydroxylation is 2. The molecule has 0 radical (unpaired) electrons. The largest absolute Gasteiger partial charge is 2.00 e. The molecule has 0 bridgehead atoms. The van der Waals surface area contributed by atoms with Crippen molar-refractivity contribution in [1.29, 1.82) is 0 Å². The van der Waals surface area contributed by atoms with E-state index in [2.05, 4.69) is 13.8 Å². The Hall–Kier alpha value is -0.169. The third-order valence-corrected chi connectivity index (χ3v) is 27.0. The minimum absolute atomic E-state index is 0. The summed E-state index contributed by atoms with van der Waals surface area (Å²) in [6.45, 7) is 4.61. The van der Waals surface area contributed by atoms with Gasteiger partial charge in [0.1, 0.15) is 20.2 Å². The van der Waals surface area contributed by atoms with Gasteiger partial charge < -0.3 is 9.11 Å². The zero-order valence-corrected chi connectivity index (χ0v) is 82.3. The molecule has 0 unspecified atom stereocenters. The smallest absolute Gasteiger partial charge is 0.744 e. The predicted octanol–water partition coefficient (Wildman–Crippen LogP) is 36.3. The quantitative estimate of drug-likeness (QED) is 0.0370. The third kappa shape index (κ3) is 85.2. The van der Waals surface area contributed by atoms with E-state index in [1.165, 1.54) is 551 Å². The maximum absolute atomic E-state index is 11.4. The number of unbranched alkanes of at least 4 members (excludes halogenated alkanes) is 86. The van der Waals surface area contributed by atoms with Crippen molar-refractivity contribution in [2.45, 2.75) is 602 Å². The second kappa shape index (κ2) is 92.5. The van der Waals surface area contributed by atoms with E-state index in [-0.39, 0.29) is 58.7 Å². The van der Waals surface area contributed by atoms with E-state index < -0.39 is 20.2 Å². The van der Waals surface area contributed by atoms with Crippen LogP contribution in [0.2, 0.25) is 0 Å². The van der Waals surface area contributed by atoms with Crippen molar-refractivity contribution in [3.05, 3.63) is 59.7 Å². The molecule has 0 spiro atoms. The normalized spacial score (nSPS) is 11.8. The first-order valence-corrected chi connectivity index (χ1v) is 54.0. The van der Waals surface area contributed by atoms with Gasteiger partial charge in [0.2, 0.25) is 0 Å². The Morgan fingerprint density at radius 2 is 0.265 bits per heavy atom. The molecule has 0 amide bonds. The molecule has 0 heterocycles. The van der Waals surface area contributed by atoms with E-state index in [4.69, 9.17) is 0 Å². The van der Waals surface area contributed by atoms with E-state index in [9.17, 15) is 25.9 Å². The molecule has 0 saturated heterocycles. The summed E-state index contributed by atoms with van der Waals surface area (Å²) in [5.41, 5.74) is 1.35. The van der Waals surface area contributed by atoms with Gasteiger partial charge in [0, 0.05) is 0 Å². The van der Waals surface area contributed by atoms with Gasteiger partial charge in [0.15, 0.2) is 0 Å². The predicted molar refractivity (Wildman–Crippen MR) is 500 cm³/mol. The van der Waals surface area contributed by atoms with Gasteiger partial charge in [-0.05, 0) is 48.9 Å². The monoisotopic (exact) mass is 1740 g/mol. The van der Waals surface area contributed by atoms with Crippen LogP contribution in [0.3, 0.4) is 0 Å². The van der Waals surface area contributed by atoms with E-state index in [0.717, 1.165) is 25.7 Å². The zero-order valence-electron chi connectivity index (χ0n) is 76.2. The molecule has 660 valence electrons. The number of benzene rings is 2. The minimum Gasteiger partial charge on any atom is -0.744 e. The maximum atomic E-state index is 11.4. The fraction of sp³-hybridized carbons (Fsp3) is 0.885. The average molecular weight is 1740 g/mol. The second-order valence-corrected chi connectivity index (χ2v) is 38.7.